The van der Waals surface area contributed by atoms with Crippen molar-refractivity contribution in [2.75, 3.05) is 5.32 Å². The number of carbonyl (C=O) groups is 3. The van der Waals surface area contributed by atoms with E-state index in [4.69, 9.17) is 5.73 Å². The number of aliphatic imine (C=N–C) groups is 1. The molecule has 1 unspecified atom stereocenters. The Morgan fingerprint density at radius 3 is 2.12 bits per heavy atom. The summed E-state index contributed by atoms with van der Waals surface area (Å²) in [7, 11) is 0. The van der Waals surface area contributed by atoms with Gasteiger partial charge in [-0.25, -0.2) is 4.99 Å². The van der Waals surface area contributed by atoms with Crippen LogP contribution in [0.3, 0.4) is 0 Å². The maximum Gasteiger partial charge on any atom is 0.389 e. The van der Waals surface area contributed by atoms with Gasteiger partial charge in [0.05, 0.1) is 11.4 Å². The molecule has 0 radical (unpaired) electrons. The first-order valence-electron chi connectivity index (χ1n) is 13.3. The van der Waals surface area contributed by atoms with Crippen LogP contribution in [0.15, 0.2) is 47.5 Å². The number of benzene rings is 2. The third-order valence-corrected chi connectivity index (χ3v) is 6.96. The number of alkyl halides is 6. The van der Waals surface area contributed by atoms with Crippen molar-refractivity contribution in [3.63, 3.8) is 0 Å². The SMILES string of the molecule is Cc1cccc(C2=NC(NC(=O)[C@H](CCC(F)(F)F)[C@H](CCC(F)(F)F)C(N)=O)C(=O)Nc3c2cccc3C(C)C)c1. The summed E-state index contributed by atoms with van der Waals surface area (Å²) < 4.78 is 78.1. The topological polar surface area (TPSA) is 114 Å². The van der Waals surface area contributed by atoms with Crippen LogP contribution in [0.4, 0.5) is 32.0 Å². The van der Waals surface area contributed by atoms with E-state index in [1.807, 2.05) is 32.9 Å². The van der Waals surface area contributed by atoms with Crippen molar-refractivity contribution in [1.29, 1.82) is 0 Å². The molecule has 3 rings (SSSR count). The van der Waals surface area contributed by atoms with Crippen molar-refractivity contribution < 1.29 is 40.7 Å². The second kappa shape index (κ2) is 13.0. The average molecular weight is 599 g/mol. The monoisotopic (exact) mass is 598 g/mol. The van der Waals surface area contributed by atoms with E-state index in [0.717, 1.165) is 11.1 Å². The number of hydrogen-bond donors (Lipinski definition) is 3. The van der Waals surface area contributed by atoms with Crippen LogP contribution >= 0.6 is 0 Å². The second-order valence-electron chi connectivity index (χ2n) is 10.6. The molecule has 2 aromatic carbocycles. The van der Waals surface area contributed by atoms with Crippen LogP contribution in [0, 0.1) is 18.8 Å². The number of anilines is 1. The van der Waals surface area contributed by atoms with Crippen molar-refractivity contribution in [2.45, 2.75) is 70.9 Å². The number of fused-ring (bicyclic) bond motifs is 1. The van der Waals surface area contributed by atoms with Crippen molar-refractivity contribution in [3.8, 4) is 0 Å². The lowest BCUT2D eigenvalue weighted by molar-refractivity contribution is -0.152. The van der Waals surface area contributed by atoms with E-state index < -0.39 is 73.8 Å². The lowest BCUT2D eigenvalue weighted by Crippen LogP contribution is -2.48. The molecule has 3 amide bonds. The Morgan fingerprint density at radius 1 is 0.976 bits per heavy atom. The highest BCUT2D eigenvalue weighted by Gasteiger charge is 2.40. The average Bonchev–Trinajstić information content (AvgIpc) is 3.00. The maximum absolute atomic E-state index is 13.4. The molecule has 13 heteroatoms. The quantitative estimate of drug-likeness (QED) is 0.303. The zero-order chi connectivity index (χ0) is 31.4. The van der Waals surface area contributed by atoms with Crippen LogP contribution < -0.4 is 16.4 Å². The van der Waals surface area contributed by atoms with E-state index >= 15 is 0 Å². The Balaban J connectivity index is 2.06. The van der Waals surface area contributed by atoms with Gasteiger partial charge in [0.2, 0.25) is 18.0 Å². The maximum atomic E-state index is 13.4. The molecule has 1 heterocycles. The molecule has 2 aromatic rings. The summed E-state index contributed by atoms with van der Waals surface area (Å²) in [4.78, 5) is 43.4. The molecule has 7 nitrogen and oxygen atoms in total. The number of halogens is 6. The number of para-hydroxylation sites is 1. The summed E-state index contributed by atoms with van der Waals surface area (Å²) in [5.41, 5.74) is 8.75. The normalized spacial score (nSPS) is 17.0. The molecule has 228 valence electrons. The summed E-state index contributed by atoms with van der Waals surface area (Å²) in [6.07, 6.45) is -16.3. The molecule has 0 aliphatic carbocycles. The first-order valence-corrected chi connectivity index (χ1v) is 13.3. The van der Waals surface area contributed by atoms with Gasteiger partial charge in [-0.15, -0.1) is 0 Å². The van der Waals surface area contributed by atoms with Crippen LogP contribution in [0.2, 0.25) is 0 Å². The zero-order valence-corrected chi connectivity index (χ0v) is 23.2. The number of primary amides is 1. The van der Waals surface area contributed by atoms with E-state index in [9.17, 15) is 40.7 Å². The van der Waals surface area contributed by atoms with E-state index in [1.165, 1.54) is 0 Å². The lowest BCUT2D eigenvalue weighted by Gasteiger charge is -2.26. The van der Waals surface area contributed by atoms with Crippen LogP contribution in [-0.2, 0) is 14.4 Å². The fraction of sp³-hybridized carbons (Fsp3) is 0.448. The van der Waals surface area contributed by atoms with Gasteiger partial charge >= 0.3 is 12.4 Å². The predicted molar refractivity (Wildman–Crippen MR) is 145 cm³/mol. The van der Waals surface area contributed by atoms with Gasteiger partial charge in [-0.3, -0.25) is 14.4 Å². The summed E-state index contributed by atoms with van der Waals surface area (Å²) in [6.45, 7) is 5.65. The fourth-order valence-corrected chi connectivity index (χ4v) is 4.89. The highest BCUT2D eigenvalue weighted by atomic mass is 19.4. The van der Waals surface area contributed by atoms with Gasteiger partial charge in [0.25, 0.3) is 5.91 Å². The van der Waals surface area contributed by atoms with Crippen molar-refractivity contribution in [3.05, 3.63) is 64.7 Å². The molecule has 3 atom stereocenters. The lowest BCUT2D eigenvalue weighted by atomic mass is 9.83. The van der Waals surface area contributed by atoms with E-state index in [1.54, 1.807) is 30.3 Å². The van der Waals surface area contributed by atoms with Gasteiger partial charge in [-0.2, -0.15) is 26.3 Å². The number of carbonyl (C=O) groups excluding carboxylic acids is 3. The molecule has 0 bridgehead atoms. The fourth-order valence-electron chi connectivity index (χ4n) is 4.89. The Kier molecular flexibility index (Phi) is 10.1. The minimum atomic E-state index is -4.77. The first-order chi connectivity index (χ1) is 19.5. The summed E-state index contributed by atoms with van der Waals surface area (Å²) in [5.74, 6) is -7.22. The summed E-state index contributed by atoms with van der Waals surface area (Å²) >= 11 is 0. The van der Waals surface area contributed by atoms with Crippen LogP contribution in [0.5, 0.6) is 0 Å². The smallest absolute Gasteiger partial charge is 0.369 e. The number of rotatable bonds is 10. The molecule has 0 saturated heterocycles. The molecule has 4 N–H and O–H groups in total. The van der Waals surface area contributed by atoms with Gasteiger partial charge in [0.1, 0.15) is 0 Å². The predicted octanol–water partition coefficient (Wildman–Crippen LogP) is 5.75. The molecule has 1 aliphatic rings. The minimum Gasteiger partial charge on any atom is -0.369 e. The van der Waals surface area contributed by atoms with Gasteiger partial charge in [-0.1, -0.05) is 55.8 Å². The molecule has 0 aromatic heterocycles. The Hall–Kier alpha value is -3.90. The number of nitrogens with zero attached hydrogens (tertiary/aromatic N) is 1. The number of hydrogen-bond acceptors (Lipinski definition) is 4. The van der Waals surface area contributed by atoms with Gasteiger partial charge in [-0.05, 0) is 37.3 Å². The van der Waals surface area contributed by atoms with E-state index in [2.05, 4.69) is 15.6 Å². The standard InChI is InChI=1S/C29H32F6N4O3/c1-15(2)18-8-5-9-21-22(17-7-4-6-16(3)14-17)37-25(27(42)38-23(18)21)39-26(41)20(11-13-29(33,34)35)19(24(36)40)10-12-28(30,31)32/h4-9,14-15,19-20,25H,10-13H2,1-3H3,(H2,36,40)(H,38,42)(H,39,41)/t19-,20+,25?/m0/s1. The van der Waals surface area contributed by atoms with Gasteiger partial charge in [0.15, 0.2) is 0 Å². The zero-order valence-electron chi connectivity index (χ0n) is 23.2. The Labute approximate surface area is 238 Å². The molecule has 0 saturated carbocycles. The Morgan fingerprint density at radius 2 is 1.57 bits per heavy atom. The summed E-state index contributed by atoms with van der Waals surface area (Å²) in [5, 5.41) is 5.03. The first kappa shape index (κ1) is 32.6. The minimum absolute atomic E-state index is 0.0399. The van der Waals surface area contributed by atoms with Gasteiger partial charge < -0.3 is 16.4 Å². The van der Waals surface area contributed by atoms with Crippen molar-refractivity contribution in [2.24, 2.45) is 22.6 Å². The number of nitrogens with one attached hydrogen (secondary N) is 2. The van der Waals surface area contributed by atoms with Crippen molar-refractivity contribution >= 4 is 29.1 Å². The molecule has 1 aliphatic heterocycles. The summed E-state index contributed by atoms with van der Waals surface area (Å²) in [6, 6.07) is 12.4. The van der Waals surface area contributed by atoms with Gasteiger partial charge in [0, 0.05) is 35.8 Å². The third kappa shape index (κ3) is 8.56. The van der Waals surface area contributed by atoms with Crippen molar-refractivity contribution in [1.82, 2.24) is 5.32 Å². The number of aryl methyl sites for hydroxylation is 1. The van der Waals surface area contributed by atoms with Crippen LogP contribution in [0.1, 0.15) is 67.7 Å². The van der Waals surface area contributed by atoms with E-state index in [-0.39, 0.29) is 5.92 Å². The largest absolute Gasteiger partial charge is 0.389 e. The Bertz CT molecular complexity index is 1350. The van der Waals surface area contributed by atoms with E-state index in [0.29, 0.717) is 22.5 Å². The number of amides is 3. The second-order valence-corrected chi connectivity index (χ2v) is 10.6. The van der Waals surface area contributed by atoms with Crippen LogP contribution in [0.25, 0.3) is 0 Å². The number of benzodiazepines with no additional fused rings is 1. The van der Waals surface area contributed by atoms with Crippen LogP contribution in [-0.4, -0.2) is 42.0 Å². The molecular weight excluding hydrogens is 566 g/mol. The molecule has 0 fully saturated rings. The number of nitrogens with two attached hydrogens (primary N) is 1. The molecular formula is C29H32F6N4O3. The highest BCUT2D eigenvalue weighted by Crippen LogP contribution is 2.34. The highest BCUT2D eigenvalue weighted by molar-refractivity contribution is 6.20. The molecule has 0 spiro atoms. The third-order valence-electron chi connectivity index (χ3n) is 6.96. The molecule has 42 heavy (non-hydrogen) atoms.